The van der Waals surface area contributed by atoms with E-state index in [1.54, 1.807) is 0 Å². The Kier molecular flexibility index (Phi) is 11.3. The van der Waals surface area contributed by atoms with E-state index in [4.69, 9.17) is 9.72 Å². The van der Waals surface area contributed by atoms with Crippen LogP contribution in [0.4, 0.5) is 0 Å². The molecular formula is C18H32Cl2N4O. The van der Waals surface area contributed by atoms with Crippen LogP contribution in [0.3, 0.4) is 0 Å². The number of para-hydroxylation sites is 2. The standard InChI is InChI=1S/C18H30N4O.2ClH/c1-6-23-12-11-22-17-10-8-7-9-16(17)19-18(22)15(13-20(2)3)14-21(4)5;;/h7-10,15H,6,11-14H2,1-5H3;2*1H. The lowest BCUT2D eigenvalue weighted by Gasteiger charge is -2.24. The smallest absolute Gasteiger partial charge is 0.115 e. The fraction of sp³-hybridized carbons (Fsp3) is 0.611. The summed E-state index contributed by atoms with van der Waals surface area (Å²) in [7, 11) is 8.48. The number of hydrogen-bond acceptors (Lipinski definition) is 4. The Bertz CT molecular complexity index is 606. The zero-order chi connectivity index (χ0) is 16.8. The van der Waals surface area contributed by atoms with Crippen molar-refractivity contribution in [3.8, 4) is 0 Å². The van der Waals surface area contributed by atoms with Gasteiger partial charge in [0.05, 0.1) is 17.6 Å². The van der Waals surface area contributed by atoms with E-state index in [2.05, 4.69) is 66.8 Å². The summed E-state index contributed by atoms with van der Waals surface area (Å²) < 4.78 is 7.92. The van der Waals surface area contributed by atoms with Crippen molar-refractivity contribution >= 4 is 35.8 Å². The number of imidazole rings is 1. The van der Waals surface area contributed by atoms with E-state index < -0.39 is 0 Å². The first-order valence-corrected chi connectivity index (χ1v) is 8.35. The van der Waals surface area contributed by atoms with E-state index in [9.17, 15) is 0 Å². The molecule has 0 aliphatic rings. The molecule has 2 rings (SSSR count). The van der Waals surface area contributed by atoms with Crippen molar-refractivity contribution in [3.05, 3.63) is 30.1 Å². The lowest BCUT2D eigenvalue weighted by molar-refractivity contribution is 0.138. The van der Waals surface area contributed by atoms with E-state index in [1.807, 2.05) is 6.92 Å². The van der Waals surface area contributed by atoms with Crippen molar-refractivity contribution in [1.82, 2.24) is 19.4 Å². The van der Waals surface area contributed by atoms with E-state index in [0.29, 0.717) is 5.92 Å². The van der Waals surface area contributed by atoms with Crippen molar-refractivity contribution in [2.75, 3.05) is 54.5 Å². The van der Waals surface area contributed by atoms with Gasteiger partial charge in [0.15, 0.2) is 0 Å². The summed E-state index contributed by atoms with van der Waals surface area (Å²) in [6, 6.07) is 8.38. The zero-order valence-corrected chi connectivity index (χ0v) is 17.6. The van der Waals surface area contributed by atoms with Gasteiger partial charge in [-0.1, -0.05) is 12.1 Å². The molecule has 0 fully saturated rings. The van der Waals surface area contributed by atoms with Gasteiger partial charge in [-0.15, -0.1) is 24.8 Å². The minimum absolute atomic E-state index is 0. The van der Waals surface area contributed by atoms with Crippen molar-refractivity contribution in [1.29, 1.82) is 0 Å². The number of benzene rings is 1. The molecule has 0 bridgehead atoms. The summed E-state index contributed by atoms with van der Waals surface area (Å²) in [6.45, 7) is 6.32. The zero-order valence-electron chi connectivity index (χ0n) is 15.9. The summed E-state index contributed by atoms with van der Waals surface area (Å²) in [5, 5.41) is 0. The molecule has 144 valence electrons. The summed E-state index contributed by atoms with van der Waals surface area (Å²) in [6.07, 6.45) is 0. The predicted molar refractivity (Wildman–Crippen MR) is 111 cm³/mol. The van der Waals surface area contributed by atoms with Crippen molar-refractivity contribution in [2.24, 2.45) is 0 Å². The number of nitrogens with zero attached hydrogens (tertiary/aromatic N) is 4. The van der Waals surface area contributed by atoms with Crippen LogP contribution in [0.1, 0.15) is 18.7 Å². The first-order chi connectivity index (χ1) is 11.0. The molecule has 0 saturated carbocycles. The highest BCUT2D eigenvalue weighted by atomic mass is 35.5. The second-order valence-corrected chi connectivity index (χ2v) is 6.53. The summed E-state index contributed by atoms with van der Waals surface area (Å²) in [5.74, 6) is 1.53. The quantitative estimate of drug-likeness (QED) is 0.615. The molecule has 2 aromatic rings. The molecule has 0 amide bonds. The van der Waals surface area contributed by atoms with Gasteiger partial charge in [0, 0.05) is 32.2 Å². The van der Waals surface area contributed by atoms with Gasteiger partial charge in [-0.3, -0.25) is 0 Å². The van der Waals surface area contributed by atoms with Gasteiger partial charge < -0.3 is 19.1 Å². The summed E-state index contributed by atoms with van der Waals surface area (Å²) in [4.78, 5) is 9.42. The molecule has 0 spiro atoms. The Hall–Kier alpha value is -0.850. The van der Waals surface area contributed by atoms with Gasteiger partial charge in [0.25, 0.3) is 0 Å². The van der Waals surface area contributed by atoms with E-state index >= 15 is 0 Å². The third-order valence-corrected chi connectivity index (χ3v) is 3.88. The number of rotatable bonds is 9. The maximum absolute atomic E-state index is 5.58. The Morgan fingerprint density at radius 1 is 1.04 bits per heavy atom. The van der Waals surface area contributed by atoms with Gasteiger partial charge in [0.2, 0.25) is 0 Å². The van der Waals surface area contributed by atoms with Gasteiger partial charge in [0.1, 0.15) is 5.82 Å². The van der Waals surface area contributed by atoms with Crippen molar-refractivity contribution in [3.63, 3.8) is 0 Å². The van der Waals surface area contributed by atoms with Crippen molar-refractivity contribution < 1.29 is 4.74 Å². The van der Waals surface area contributed by atoms with Crippen LogP contribution in [-0.2, 0) is 11.3 Å². The topological polar surface area (TPSA) is 33.5 Å². The van der Waals surface area contributed by atoms with Gasteiger partial charge in [-0.2, -0.15) is 0 Å². The fourth-order valence-corrected chi connectivity index (χ4v) is 3.04. The van der Waals surface area contributed by atoms with Crippen LogP contribution in [0.5, 0.6) is 0 Å². The summed E-state index contributed by atoms with van der Waals surface area (Å²) >= 11 is 0. The van der Waals surface area contributed by atoms with E-state index in [0.717, 1.165) is 44.2 Å². The summed E-state index contributed by atoms with van der Waals surface area (Å²) in [5.41, 5.74) is 2.27. The number of aromatic nitrogens is 2. The number of fused-ring (bicyclic) bond motifs is 1. The third-order valence-electron chi connectivity index (χ3n) is 3.88. The molecule has 0 radical (unpaired) electrons. The molecule has 0 unspecified atom stereocenters. The lowest BCUT2D eigenvalue weighted by Crippen LogP contribution is -2.31. The van der Waals surface area contributed by atoms with Gasteiger partial charge >= 0.3 is 0 Å². The number of ether oxygens (including phenoxy) is 1. The SMILES string of the molecule is CCOCCn1c(C(CN(C)C)CN(C)C)nc2ccccc21.Cl.Cl. The predicted octanol–water partition coefficient (Wildman–Crippen LogP) is 3.12. The van der Waals surface area contributed by atoms with E-state index in [1.165, 1.54) is 5.52 Å². The average molecular weight is 391 g/mol. The van der Waals surface area contributed by atoms with Gasteiger partial charge in [-0.05, 0) is 47.2 Å². The minimum Gasteiger partial charge on any atom is -0.380 e. The molecule has 7 heteroatoms. The highest BCUT2D eigenvalue weighted by molar-refractivity contribution is 5.85. The molecule has 1 aromatic heterocycles. The molecule has 0 saturated heterocycles. The molecule has 1 heterocycles. The van der Waals surface area contributed by atoms with Gasteiger partial charge in [-0.25, -0.2) is 4.98 Å². The normalized spacial score (nSPS) is 11.2. The third kappa shape index (κ3) is 6.76. The fourth-order valence-electron chi connectivity index (χ4n) is 3.04. The highest BCUT2D eigenvalue weighted by Crippen LogP contribution is 2.23. The molecule has 0 aliphatic heterocycles. The van der Waals surface area contributed by atoms with Crippen LogP contribution in [0.15, 0.2) is 24.3 Å². The Morgan fingerprint density at radius 3 is 2.20 bits per heavy atom. The Morgan fingerprint density at radius 2 is 1.64 bits per heavy atom. The lowest BCUT2D eigenvalue weighted by atomic mass is 10.1. The highest BCUT2D eigenvalue weighted by Gasteiger charge is 2.21. The second-order valence-electron chi connectivity index (χ2n) is 6.53. The number of halogens is 2. The molecule has 1 aromatic carbocycles. The average Bonchev–Trinajstić information content (AvgIpc) is 2.85. The molecule has 25 heavy (non-hydrogen) atoms. The van der Waals surface area contributed by atoms with Crippen molar-refractivity contribution in [2.45, 2.75) is 19.4 Å². The number of likely N-dealkylation sites (N-methyl/N-ethyl adjacent to an activating group) is 2. The van der Waals surface area contributed by atoms with Crippen LogP contribution in [0.25, 0.3) is 11.0 Å². The molecule has 0 aliphatic carbocycles. The van der Waals surface area contributed by atoms with E-state index in [-0.39, 0.29) is 24.8 Å². The molecular weight excluding hydrogens is 359 g/mol. The molecule has 0 N–H and O–H groups in total. The Labute approximate surface area is 164 Å². The Balaban J connectivity index is 0.00000288. The molecule has 5 nitrogen and oxygen atoms in total. The first kappa shape index (κ1) is 24.1. The largest absolute Gasteiger partial charge is 0.380 e. The van der Waals surface area contributed by atoms with Crippen LogP contribution in [0.2, 0.25) is 0 Å². The van der Waals surface area contributed by atoms with Crippen LogP contribution in [-0.4, -0.2) is 73.8 Å². The second kappa shape index (κ2) is 11.7. The number of hydrogen-bond donors (Lipinski definition) is 0. The maximum Gasteiger partial charge on any atom is 0.115 e. The minimum atomic E-state index is 0. The maximum atomic E-state index is 5.58. The monoisotopic (exact) mass is 390 g/mol. The van der Waals surface area contributed by atoms with Crippen LogP contribution < -0.4 is 0 Å². The van der Waals surface area contributed by atoms with Crippen LogP contribution >= 0.6 is 24.8 Å². The first-order valence-electron chi connectivity index (χ1n) is 8.35. The molecule has 0 atom stereocenters. The van der Waals surface area contributed by atoms with Crippen LogP contribution in [0, 0.1) is 0 Å².